The molecule has 0 aromatic rings. The van der Waals surface area contributed by atoms with Crippen LogP contribution in [0.25, 0.3) is 0 Å². The molecule has 1 rings (SSSR count). The smallest absolute Gasteiger partial charge is 0.0695 e. The Balaban J connectivity index is 2.18. The highest BCUT2D eigenvalue weighted by Crippen LogP contribution is 2.29. The molecule has 0 radical (unpaired) electrons. The van der Waals surface area contributed by atoms with Crippen LogP contribution in [0.3, 0.4) is 0 Å². The molecule has 0 saturated heterocycles. The summed E-state index contributed by atoms with van der Waals surface area (Å²) in [5.41, 5.74) is 1.33. The van der Waals surface area contributed by atoms with Gasteiger partial charge in [0.05, 0.1) is 12.2 Å². The van der Waals surface area contributed by atoms with Crippen molar-refractivity contribution in [3.8, 4) is 0 Å². The maximum absolute atomic E-state index is 8.99. The van der Waals surface area contributed by atoms with Crippen LogP contribution in [-0.2, 0) is 4.74 Å². The third-order valence-corrected chi connectivity index (χ3v) is 1.86. The highest BCUT2D eigenvalue weighted by atomic mass is 16.5. The molecule has 1 N–H and O–H groups in total. The van der Waals surface area contributed by atoms with Crippen LogP contribution in [0.1, 0.15) is 26.7 Å². The van der Waals surface area contributed by atoms with Gasteiger partial charge in [-0.2, -0.15) is 0 Å². The second kappa shape index (κ2) is 3.88. The van der Waals surface area contributed by atoms with E-state index >= 15 is 0 Å². The van der Waals surface area contributed by atoms with Crippen LogP contribution in [0.4, 0.5) is 0 Å². The summed E-state index contributed by atoms with van der Waals surface area (Å²) in [6, 6.07) is 0. The average molecular weight is 156 g/mol. The third-order valence-electron chi connectivity index (χ3n) is 1.86. The van der Waals surface area contributed by atoms with Gasteiger partial charge < -0.3 is 9.84 Å². The van der Waals surface area contributed by atoms with Crippen LogP contribution < -0.4 is 0 Å². The summed E-state index contributed by atoms with van der Waals surface area (Å²) in [6.07, 6.45) is 4.06. The Kier molecular flexibility index (Phi) is 3.09. The molecule has 1 aliphatic rings. The summed E-state index contributed by atoms with van der Waals surface area (Å²) in [4.78, 5) is 0. The Bertz CT molecular complexity index is 142. The van der Waals surface area contributed by atoms with Crippen LogP contribution in [-0.4, -0.2) is 23.9 Å². The lowest BCUT2D eigenvalue weighted by Gasteiger charge is -2.29. The molecule has 2 heteroatoms. The lowest BCUT2D eigenvalue weighted by molar-refractivity contribution is 0.0361. The fourth-order valence-corrected chi connectivity index (χ4v) is 1.36. The number of hydrogen-bond acceptors (Lipinski definition) is 2. The van der Waals surface area contributed by atoms with Gasteiger partial charge >= 0.3 is 0 Å². The van der Waals surface area contributed by atoms with Crippen LogP contribution in [0.5, 0.6) is 0 Å². The molecule has 1 saturated carbocycles. The van der Waals surface area contributed by atoms with Crippen molar-refractivity contribution in [2.24, 2.45) is 0 Å². The van der Waals surface area contributed by atoms with Gasteiger partial charge in [0, 0.05) is 6.61 Å². The Hall–Kier alpha value is -0.340. The number of ether oxygens (including phenoxy) is 1. The molecule has 11 heavy (non-hydrogen) atoms. The molecule has 0 spiro atoms. The summed E-state index contributed by atoms with van der Waals surface area (Å²) in [6.45, 7) is 4.59. The molecule has 0 heterocycles. The van der Waals surface area contributed by atoms with Gasteiger partial charge in [-0.15, -0.1) is 0 Å². The van der Waals surface area contributed by atoms with Crippen molar-refractivity contribution in [3.05, 3.63) is 11.6 Å². The summed E-state index contributed by atoms with van der Waals surface area (Å²) in [7, 11) is 0. The van der Waals surface area contributed by atoms with E-state index < -0.39 is 0 Å². The van der Waals surface area contributed by atoms with Crippen molar-refractivity contribution in [1.29, 1.82) is 0 Å². The van der Waals surface area contributed by atoms with Crippen LogP contribution in [0, 0.1) is 0 Å². The molecule has 2 nitrogen and oxygen atoms in total. The molecule has 64 valence electrons. The number of rotatable bonds is 3. The summed E-state index contributed by atoms with van der Waals surface area (Å²) < 4.78 is 5.37. The fourth-order valence-electron chi connectivity index (χ4n) is 1.36. The highest BCUT2D eigenvalue weighted by Gasteiger charge is 2.22. The molecule has 1 fully saturated rings. The SMILES string of the molecule is CCOC1CC(=CC(C)O)C1. The quantitative estimate of drug-likeness (QED) is 0.627. The highest BCUT2D eigenvalue weighted by molar-refractivity contribution is 5.15. The van der Waals surface area contributed by atoms with Crippen LogP contribution >= 0.6 is 0 Å². The van der Waals surface area contributed by atoms with E-state index in [1.807, 2.05) is 13.0 Å². The van der Waals surface area contributed by atoms with E-state index in [0.717, 1.165) is 19.4 Å². The third kappa shape index (κ3) is 2.64. The normalized spacial score (nSPS) is 26.1. The Labute approximate surface area is 67.9 Å². The van der Waals surface area contributed by atoms with E-state index in [9.17, 15) is 0 Å². The van der Waals surface area contributed by atoms with Gasteiger partial charge in [0.25, 0.3) is 0 Å². The van der Waals surface area contributed by atoms with Crippen molar-refractivity contribution < 1.29 is 9.84 Å². The van der Waals surface area contributed by atoms with Crippen molar-refractivity contribution in [2.45, 2.75) is 38.9 Å². The first-order chi connectivity index (χ1) is 5.22. The molecule has 0 aliphatic heterocycles. The topological polar surface area (TPSA) is 29.5 Å². The Morgan fingerprint density at radius 3 is 2.82 bits per heavy atom. The molecule has 1 aliphatic carbocycles. The molecule has 0 aromatic heterocycles. The monoisotopic (exact) mass is 156 g/mol. The zero-order valence-electron chi connectivity index (χ0n) is 7.21. The van der Waals surface area contributed by atoms with E-state index in [2.05, 4.69) is 0 Å². The minimum absolute atomic E-state index is 0.299. The van der Waals surface area contributed by atoms with Crippen molar-refractivity contribution in [2.75, 3.05) is 6.61 Å². The van der Waals surface area contributed by atoms with Crippen molar-refractivity contribution in [1.82, 2.24) is 0 Å². The van der Waals surface area contributed by atoms with Gasteiger partial charge in [0.1, 0.15) is 0 Å². The van der Waals surface area contributed by atoms with Gasteiger partial charge in [0.2, 0.25) is 0 Å². The van der Waals surface area contributed by atoms with E-state index in [1.165, 1.54) is 5.57 Å². The van der Waals surface area contributed by atoms with Gasteiger partial charge in [-0.05, 0) is 26.7 Å². The minimum atomic E-state index is -0.299. The molecule has 1 unspecified atom stereocenters. The zero-order chi connectivity index (χ0) is 8.27. The number of aliphatic hydroxyl groups is 1. The second-order valence-corrected chi connectivity index (χ2v) is 3.05. The standard InChI is InChI=1S/C9H16O2/c1-3-11-9-5-8(6-9)4-7(2)10/h4,7,9-10H,3,5-6H2,1-2H3. The predicted molar refractivity (Wildman–Crippen MR) is 44.4 cm³/mol. The van der Waals surface area contributed by atoms with Crippen molar-refractivity contribution >= 4 is 0 Å². The molecule has 0 bridgehead atoms. The first kappa shape index (κ1) is 8.75. The first-order valence-corrected chi connectivity index (χ1v) is 4.21. The van der Waals surface area contributed by atoms with Crippen molar-refractivity contribution in [3.63, 3.8) is 0 Å². The summed E-state index contributed by atoms with van der Waals surface area (Å²) in [5.74, 6) is 0. The lowest BCUT2D eigenvalue weighted by atomic mass is 9.88. The lowest BCUT2D eigenvalue weighted by Crippen LogP contribution is -2.25. The van der Waals surface area contributed by atoms with E-state index in [0.29, 0.717) is 6.10 Å². The van der Waals surface area contributed by atoms with Crippen LogP contribution in [0.2, 0.25) is 0 Å². The van der Waals surface area contributed by atoms with Gasteiger partial charge in [-0.25, -0.2) is 0 Å². The van der Waals surface area contributed by atoms with Gasteiger partial charge in [-0.3, -0.25) is 0 Å². The van der Waals surface area contributed by atoms with E-state index in [1.54, 1.807) is 6.92 Å². The molecule has 0 aromatic carbocycles. The Morgan fingerprint density at radius 1 is 1.73 bits per heavy atom. The largest absolute Gasteiger partial charge is 0.389 e. The van der Waals surface area contributed by atoms with Crippen LogP contribution in [0.15, 0.2) is 11.6 Å². The molecule has 0 amide bonds. The molecule has 1 atom stereocenters. The fraction of sp³-hybridized carbons (Fsp3) is 0.778. The molecular formula is C9H16O2. The number of hydrogen-bond donors (Lipinski definition) is 1. The average Bonchev–Trinajstić information content (AvgIpc) is 1.82. The minimum Gasteiger partial charge on any atom is -0.389 e. The summed E-state index contributed by atoms with van der Waals surface area (Å²) in [5, 5.41) is 8.99. The second-order valence-electron chi connectivity index (χ2n) is 3.05. The predicted octanol–water partition coefficient (Wildman–Crippen LogP) is 1.49. The molecular weight excluding hydrogens is 140 g/mol. The number of aliphatic hydroxyl groups excluding tert-OH is 1. The van der Waals surface area contributed by atoms with E-state index in [-0.39, 0.29) is 6.10 Å². The maximum Gasteiger partial charge on any atom is 0.0695 e. The van der Waals surface area contributed by atoms with Gasteiger partial charge in [-0.1, -0.05) is 11.6 Å². The maximum atomic E-state index is 8.99. The van der Waals surface area contributed by atoms with E-state index in [4.69, 9.17) is 9.84 Å². The Morgan fingerprint density at radius 2 is 2.36 bits per heavy atom. The van der Waals surface area contributed by atoms with Gasteiger partial charge in [0.15, 0.2) is 0 Å². The first-order valence-electron chi connectivity index (χ1n) is 4.21. The zero-order valence-corrected chi connectivity index (χ0v) is 7.21. The summed E-state index contributed by atoms with van der Waals surface area (Å²) >= 11 is 0.